The molecule has 0 aliphatic heterocycles. The van der Waals surface area contributed by atoms with Crippen LogP contribution in [0.15, 0.2) is 107 Å². The summed E-state index contributed by atoms with van der Waals surface area (Å²) in [7, 11) is 0. The van der Waals surface area contributed by atoms with Gasteiger partial charge in [-0.05, 0) is 66.9 Å². The van der Waals surface area contributed by atoms with Crippen molar-refractivity contribution in [1.29, 1.82) is 0 Å². The van der Waals surface area contributed by atoms with Gasteiger partial charge in [0.2, 0.25) is 5.91 Å². The monoisotopic (exact) mass is 458 g/mol. The summed E-state index contributed by atoms with van der Waals surface area (Å²) in [6, 6.07) is 30.6. The molecular weight excluding hydrogens is 436 g/mol. The van der Waals surface area contributed by atoms with Gasteiger partial charge in [-0.3, -0.25) is 14.5 Å². The lowest BCUT2D eigenvalue weighted by molar-refractivity contribution is -0.117. The summed E-state index contributed by atoms with van der Waals surface area (Å²) in [4.78, 5) is 29.0. The van der Waals surface area contributed by atoms with Crippen LogP contribution in [0.4, 0.5) is 17.1 Å². The van der Waals surface area contributed by atoms with Crippen molar-refractivity contribution in [2.45, 2.75) is 17.1 Å². The Morgan fingerprint density at radius 2 is 1.41 bits per heavy atom. The molecule has 160 valence electrons. The van der Waals surface area contributed by atoms with Crippen molar-refractivity contribution in [3.05, 3.63) is 107 Å². The Balaban J connectivity index is 1.46. The Bertz CT molecular complexity index is 1120. The van der Waals surface area contributed by atoms with Crippen molar-refractivity contribution in [2.24, 2.45) is 0 Å². The topological polar surface area (TPSA) is 49.4 Å². The maximum Gasteiger partial charge on any atom is 0.265 e. The summed E-state index contributed by atoms with van der Waals surface area (Å²) in [6.07, 6.45) is 0. The van der Waals surface area contributed by atoms with E-state index >= 15 is 0 Å². The van der Waals surface area contributed by atoms with E-state index < -0.39 is 0 Å². The minimum atomic E-state index is -0.304. The van der Waals surface area contributed by atoms with Gasteiger partial charge in [0.05, 0.1) is 10.1 Å². The van der Waals surface area contributed by atoms with E-state index in [9.17, 15) is 9.59 Å². The first-order valence-corrected chi connectivity index (χ1v) is 11.9. The number of thioether (sulfide) groups is 1. The fraction of sp³-hybridized carbons (Fsp3) is 0.0769. The van der Waals surface area contributed by atoms with Gasteiger partial charge in [-0.25, -0.2) is 0 Å². The largest absolute Gasteiger partial charge is 0.321 e. The van der Waals surface area contributed by atoms with Crippen LogP contribution in [-0.2, 0) is 4.79 Å². The van der Waals surface area contributed by atoms with Gasteiger partial charge in [-0.2, -0.15) is 0 Å². The number of carbonyl (C=O) groups is 2. The minimum Gasteiger partial charge on any atom is -0.321 e. The van der Waals surface area contributed by atoms with Crippen molar-refractivity contribution < 1.29 is 9.59 Å². The molecule has 0 aliphatic rings. The molecule has 2 amide bonds. The third kappa shape index (κ3) is 5.28. The third-order valence-corrected chi connectivity index (χ3v) is 6.74. The summed E-state index contributed by atoms with van der Waals surface area (Å²) in [6.45, 7) is 1.92. The fourth-order valence-electron chi connectivity index (χ4n) is 3.21. The highest BCUT2D eigenvalue weighted by atomic mass is 32.2. The highest BCUT2D eigenvalue weighted by molar-refractivity contribution is 8.00. The molecule has 32 heavy (non-hydrogen) atoms. The normalized spacial score (nSPS) is 11.5. The minimum absolute atomic E-state index is 0.00229. The number of carbonyl (C=O) groups excluding carboxylic acids is 2. The van der Waals surface area contributed by atoms with Gasteiger partial charge in [0.15, 0.2) is 0 Å². The van der Waals surface area contributed by atoms with Crippen molar-refractivity contribution in [3.8, 4) is 0 Å². The molecule has 0 saturated heterocycles. The second-order valence-electron chi connectivity index (χ2n) is 7.06. The predicted molar refractivity (Wildman–Crippen MR) is 134 cm³/mol. The number of nitrogens with zero attached hydrogens (tertiary/aromatic N) is 1. The van der Waals surface area contributed by atoms with E-state index in [0.29, 0.717) is 4.88 Å². The fourth-order valence-corrected chi connectivity index (χ4v) is 4.74. The second kappa shape index (κ2) is 10.3. The highest BCUT2D eigenvalue weighted by Gasteiger charge is 2.24. The standard InChI is InChI=1S/C26H22N2O2S2/c1-19(26(30)28(21-9-4-2-5-10-21)22-11-6-3-7-12-22)32-23-16-14-20(15-17-23)27-25(29)24-13-8-18-31-24/h2-19H,1H3,(H,27,29). The number of para-hydroxylation sites is 2. The molecule has 1 heterocycles. The van der Waals surface area contributed by atoms with Crippen LogP contribution in [0.5, 0.6) is 0 Å². The van der Waals surface area contributed by atoms with Crippen LogP contribution >= 0.6 is 23.1 Å². The average molecular weight is 459 g/mol. The van der Waals surface area contributed by atoms with Crippen molar-refractivity contribution >= 4 is 52.0 Å². The van der Waals surface area contributed by atoms with E-state index in [1.165, 1.54) is 23.1 Å². The SMILES string of the molecule is CC(Sc1ccc(NC(=O)c2cccs2)cc1)C(=O)N(c1ccccc1)c1ccccc1. The molecular formula is C26H22N2O2S2. The molecule has 3 aromatic carbocycles. The number of benzene rings is 3. The highest BCUT2D eigenvalue weighted by Crippen LogP contribution is 2.31. The quantitative estimate of drug-likeness (QED) is 0.308. The lowest BCUT2D eigenvalue weighted by Crippen LogP contribution is -2.32. The van der Waals surface area contributed by atoms with E-state index in [0.717, 1.165) is 22.0 Å². The van der Waals surface area contributed by atoms with Crippen molar-refractivity contribution in [1.82, 2.24) is 0 Å². The van der Waals surface area contributed by atoms with Gasteiger partial charge in [0.1, 0.15) is 0 Å². The van der Waals surface area contributed by atoms with Crippen LogP contribution in [-0.4, -0.2) is 17.1 Å². The van der Waals surface area contributed by atoms with Crippen molar-refractivity contribution in [3.63, 3.8) is 0 Å². The smallest absolute Gasteiger partial charge is 0.265 e. The summed E-state index contributed by atoms with van der Waals surface area (Å²) in [5, 5.41) is 4.47. The van der Waals surface area contributed by atoms with E-state index in [1.54, 1.807) is 11.0 Å². The van der Waals surface area contributed by atoms with Gasteiger partial charge in [-0.15, -0.1) is 23.1 Å². The number of nitrogens with one attached hydrogen (secondary N) is 1. The number of rotatable bonds is 7. The lowest BCUT2D eigenvalue weighted by atomic mass is 10.2. The van der Waals surface area contributed by atoms with E-state index in [2.05, 4.69) is 5.32 Å². The van der Waals surface area contributed by atoms with Gasteiger partial charge in [0, 0.05) is 22.0 Å². The predicted octanol–water partition coefficient (Wildman–Crippen LogP) is 6.85. The molecule has 6 heteroatoms. The number of amides is 2. The number of thiophene rings is 1. The summed E-state index contributed by atoms with van der Waals surface area (Å²) < 4.78 is 0. The van der Waals surface area contributed by atoms with Gasteiger partial charge >= 0.3 is 0 Å². The molecule has 1 unspecified atom stereocenters. The van der Waals surface area contributed by atoms with Crippen LogP contribution in [0.3, 0.4) is 0 Å². The van der Waals surface area contributed by atoms with Crippen LogP contribution < -0.4 is 10.2 Å². The van der Waals surface area contributed by atoms with Crippen molar-refractivity contribution in [2.75, 3.05) is 10.2 Å². The van der Waals surface area contributed by atoms with Gasteiger partial charge < -0.3 is 5.32 Å². The third-order valence-electron chi connectivity index (χ3n) is 4.77. The Morgan fingerprint density at radius 3 is 1.94 bits per heavy atom. The Hall–Kier alpha value is -3.35. The zero-order valence-corrected chi connectivity index (χ0v) is 19.1. The Labute approximate surface area is 195 Å². The molecule has 0 spiro atoms. The molecule has 0 fully saturated rings. The molecule has 0 bridgehead atoms. The Morgan fingerprint density at radius 1 is 0.812 bits per heavy atom. The molecule has 1 atom stereocenters. The zero-order valence-electron chi connectivity index (χ0n) is 17.5. The number of anilines is 3. The molecule has 0 aliphatic carbocycles. The zero-order chi connectivity index (χ0) is 22.3. The van der Waals surface area contributed by atoms with Crippen LogP contribution in [0.2, 0.25) is 0 Å². The Kier molecular flexibility index (Phi) is 7.04. The molecule has 0 radical (unpaired) electrons. The molecule has 4 aromatic rings. The average Bonchev–Trinajstić information content (AvgIpc) is 3.37. The molecule has 4 nitrogen and oxygen atoms in total. The van der Waals surface area contributed by atoms with Crippen LogP contribution in [0.25, 0.3) is 0 Å². The molecule has 1 N–H and O–H groups in total. The summed E-state index contributed by atoms with van der Waals surface area (Å²) in [5.41, 5.74) is 2.40. The molecule has 0 saturated carbocycles. The van der Waals surface area contributed by atoms with E-state index in [-0.39, 0.29) is 17.1 Å². The number of hydrogen-bond donors (Lipinski definition) is 1. The van der Waals surface area contributed by atoms with E-state index in [4.69, 9.17) is 0 Å². The van der Waals surface area contributed by atoms with Gasteiger partial charge in [-0.1, -0.05) is 42.5 Å². The number of hydrogen-bond acceptors (Lipinski definition) is 4. The lowest BCUT2D eigenvalue weighted by Gasteiger charge is -2.26. The maximum atomic E-state index is 13.4. The van der Waals surface area contributed by atoms with E-state index in [1.807, 2.05) is 103 Å². The summed E-state index contributed by atoms with van der Waals surface area (Å²) >= 11 is 2.90. The summed E-state index contributed by atoms with van der Waals surface area (Å²) in [5.74, 6) is -0.118. The first-order valence-electron chi connectivity index (χ1n) is 10.2. The molecule has 4 rings (SSSR count). The first kappa shape index (κ1) is 21.9. The second-order valence-corrected chi connectivity index (χ2v) is 9.42. The molecule has 1 aromatic heterocycles. The maximum absolute atomic E-state index is 13.4. The first-order chi connectivity index (χ1) is 15.6. The van der Waals surface area contributed by atoms with Crippen LogP contribution in [0, 0.1) is 0 Å². The van der Waals surface area contributed by atoms with Gasteiger partial charge in [0.25, 0.3) is 5.91 Å². The van der Waals surface area contributed by atoms with Crippen LogP contribution in [0.1, 0.15) is 16.6 Å².